The second kappa shape index (κ2) is 7.04. The molecule has 0 spiro atoms. The number of nitrogens with zero attached hydrogens (tertiary/aromatic N) is 3. The van der Waals surface area contributed by atoms with E-state index in [1.807, 2.05) is 12.1 Å². The lowest BCUT2D eigenvalue weighted by Gasteiger charge is -2.07. The molecule has 9 heteroatoms. The van der Waals surface area contributed by atoms with Crippen LogP contribution in [0.1, 0.15) is 5.69 Å². The maximum Gasteiger partial charge on any atom is 0.323 e. The first-order chi connectivity index (χ1) is 12.0. The van der Waals surface area contributed by atoms with Crippen molar-refractivity contribution in [3.63, 3.8) is 0 Å². The second-order valence-corrected chi connectivity index (χ2v) is 5.05. The number of aromatic nitrogens is 3. The number of rotatable bonds is 4. The van der Waals surface area contributed by atoms with Crippen molar-refractivity contribution in [2.24, 2.45) is 0 Å². The molecule has 0 aliphatic rings. The number of urea groups is 1. The number of benzene rings is 1. The molecule has 0 saturated heterocycles. The largest absolute Gasteiger partial charge is 0.323 e. The van der Waals surface area contributed by atoms with Gasteiger partial charge in [0.1, 0.15) is 0 Å². The van der Waals surface area contributed by atoms with E-state index in [-0.39, 0.29) is 0 Å². The molecular weight excluding hydrogens is 335 g/mol. The van der Waals surface area contributed by atoms with Crippen LogP contribution in [0.2, 0.25) is 0 Å². The number of carbonyl (C=O) groups is 1. The third-order valence-corrected chi connectivity index (χ3v) is 3.22. The summed E-state index contributed by atoms with van der Waals surface area (Å²) in [7, 11) is 0. The molecule has 0 bridgehead atoms. The summed E-state index contributed by atoms with van der Waals surface area (Å²) in [5.41, 5.74) is 0.652. The SMILES string of the molecule is O=C(Nc1cnn(Cc2ccccn2)c1)Nc1ccc(F)c(F)c1F. The zero-order chi connectivity index (χ0) is 17.8. The second-order valence-electron chi connectivity index (χ2n) is 5.05. The molecule has 0 fully saturated rings. The van der Waals surface area contributed by atoms with Crippen molar-refractivity contribution in [2.75, 3.05) is 10.6 Å². The van der Waals surface area contributed by atoms with Gasteiger partial charge in [-0.05, 0) is 24.3 Å². The summed E-state index contributed by atoms with van der Waals surface area (Å²) in [6.45, 7) is 0.405. The first kappa shape index (κ1) is 16.5. The topological polar surface area (TPSA) is 71.8 Å². The molecule has 25 heavy (non-hydrogen) atoms. The normalized spacial score (nSPS) is 10.5. The van der Waals surface area contributed by atoms with E-state index >= 15 is 0 Å². The van der Waals surface area contributed by atoms with Crippen LogP contribution in [0.3, 0.4) is 0 Å². The number of halogens is 3. The van der Waals surface area contributed by atoms with Gasteiger partial charge in [0.2, 0.25) is 0 Å². The van der Waals surface area contributed by atoms with E-state index in [1.165, 1.54) is 6.20 Å². The number of nitrogens with one attached hydrogen (secondary N) is 2. The molecular formula is C16H12F3N5O. The highest BCUT2D eigenvalue weighted by molar-refractivity contribution is 5.99. The smallest absolute Gasteiger partial charge is 0.305 e. The highest BCUT2D eigenvalue weighted by Gasteiger charge is 2.15. The number of hydrogen-bond donors (Lipinski definition) is 2. The third kappa shape index (κ3) is 3.94. The van der Waals surface area contributed by atoms with E-state index in [1.54, 1.807) is 23.1 Å². The summed E-state index contributed by atoms with van der Waals surface area (Å²) in [6, 6.07) is 6.29. The van der Waals surface area contributed by atoms with Gasteiger partial charge in [-0.2, -0.15) is 5.10 Å². The number of amides is 2. The fourth-order valence-electron chi connectivity index (χ4n) is 2.08. The van der Waals surface area contributed by atoms with E-state index in [0.717, 1.165) is 17.8 Å². The molecule has 0 aliphatic carbocycles. The van der Waals surface area contributed by atoms with E-state index in [4.69, 9.17) is 0 Å². The Morgan fingerprint density at radius 2 is 1.92 bits per heavy atom. The molecule has 3 rings (SSSR count). The lowest BCUT2D eigenvalue weighted by molar-refractivity contribution is 0.262. The molecule has 6 nitrogen and oxygen atoms in total. The standard InChI is InChI=1S/C16H12F3N5O/c17-12-4-5-13(15(19)14(12)18)23-16(25)22-11-7-21-24(9-11)8-10-3-1-2-6-20-10/h1-7,9H,8H2,(H2,22,23,25). The maximum atomic E-state index is 13.5. The van der Waals surface area contributed by atoms with Gasteiger partial charge >= 0.3 is 6.03 Å². The molecule has 0 unspecified atom stereocenters. The Morgan fingerprint density at radius 3 is 2.68 bits per heavy atom. The van der Waals surface area contributed by atoms with Crippen molar-refractivity contribution in [3.8, 4) is 0 Å². The minimum absolute atomic E-state index is 0.344. The summed E-state index contributed by atoms with van der Waals surface area (Å²) >= 11 is 0. The van der Waals surface area contributed by atoms with Crippen LogP contribution in [0.5, 0.6) is 0 Å². The molecule has 2 N–H and O–H groups in total. The summed E-state index contributed by atoms with van der Waals surface area (Å²) in [5.74, 6) is -4.46. The van der Waals surface area contributed by atoms with Crippen LogP contribution in [0.15, 0.2) is 48.9 Å². The Labute approximate surface area is 140 Å². The average molecular weight is 347 g/mol. The number of anilines is 2. The van der Waals surface area contributed by atoms with Gasteiger partial charge in [-0.1, -0.05) is 6.07 Å². The summed E-state index contributed by atoms with van der Waals surface area (Å²) in [5, 5.41) is 8.59. The van der Waals surface area contributed by atoms with E-state index in [2.05, 4.69) is 20.7 Å². The fraction of sp³-hybridized carbons (Fsp3) is 0.0625. The molecule has 0 radical (unpaired) electrons. The van der Waals surface area contributed by atoms with Crippen LogP contribution < -0.4 is 10.6 Å². The first-order valence-corrected chi connectivity index (χ1v) is 7.17. The van der Waals surface area contributed by atoms with E-state index < -0.39 is 29.2 Å². The molecule has 0 saturated carbocycles. The maximum absolute atomic E-state index is 13.5. The van der Waals surface area contributed by atoms with Crippen LogP contribution in [-0.4, -0.2) is 20.8 Å². The third-order valence-electron chi connectivity index (χ3n) is 3.22. The van der Waals surface area contributed by atoms with Gasteiger partial charge in [0.05, 0.1) is 29.8 Å². The molecule has 1 aromatic carbocycles. The molecule has 2 aromatic heterocycles. The van der Waals surface area contributed by atoms with Gasteiger partial charge in [-0.3, -0.25) is 9.67 Å². The van der Waals surface area contributed by atoms with Crippen molar-refractivity contribution in [1.29, 1.82) is 0 Å². The van der Waals surface area contributed by atoms with Gasteiger partial charge in [-0.25, -0.2) is 18.0 Å². The summed E-state index contributed by atoms with van der Waals surface area (Å²) in [4.78, 5) is 16.0. The average Bonchev–Trinajstić information content (AvgIpc) is 3.03. The van der Waals surface area contributed by atoms with Gasteiger partial charge < -0.3 is 10.6 Å². The Morgan fingerprint density at radius 1 is 1.08 bits per heavy atom. The van der Waals surface area contributed by atoms with Gasteiger partial charge in [0.25, 0.3) is 0 Å². The zero-order valence-corrected chi connectivity index (χ0v) is 12.7. The highest BCUT2D eigenvalue weighted by atomic mass is 19.2. The van der Waals surface area contributed by atoms with E-state index in [0.29, 0.717) is 12.2 Å². The fourth-order valence-corrected chi connectivity index (χ4v) is 2.08. The predicted octanol–water partition coefficient (Wildman–Crippen LogP) is 3.39. The molecule has 2 amide bonds. The van der Waals surface area contributed by atoms with E-state index in [9.17, 15) is 18.0 Å². The number of carbonyl (C=O) groups excluding carboxylic acids is 1. The quantitative estimate of drug-likeness (QED) is 0.711. The lowest BCUT2D eigenvalue weighted by atomic mass is 10.3. The van der Waals surface area contributed by atoms with Crippen molar-refractivity contribution in [1.82, 2.24) is 14.8 Å². The minimum Gasteiger partial charge on any atom is -0.305 e. The Bertz CT molecular complexity index is 898. The Kier molecular flexibility index (Phi) is 4.64. The predicted molar refractivity (Wildman–Crippen MR) is 84.5 cm³/mol. The molecule has 3 aromatic rings. The van der Waals surface area contributed by atoms with Crippen LogP contribution >= 0.6 is 0 Å². The van der Waals surface area contributed by atoms with Crippen molar-refractivity contribution < 1.29 is 18.0 Å². The number of pyridine rings is 1. The van der Waals surface area contributed by atoms with Crippen molar-refractivity contribution in [2.45, 2.75) is 6.54 Å². The first-order valence-electron chi connectivity index (χ1n) is 7.17. The zero-order valence-electron chi connectivity index (χ0n) is 12.7. The Balaban J connectivity index is 1.63. The lowest BCUT2D eigenvalue weighted by Crippen LogP contribution is -2.20. The monoisotopic (exact) mass is 347 g/mol. The van der Waals surface area contributed by atoms with Gasteiger partial charge in [0.15, 0.2) is 17.5 Å². The number of hydrogen-bond acceptors (Lipinski definition) is 3. The highest BCUT2D eigenvalue weighted by Crippen LogP contribution is 2.19. The van der Waals surface area contributed by atoms with Crippen LogP contribution in [-0.2, 0) is 6.54 Å². The molecule has 0 atom stereocenters. The van der Waals surface area contributed by atoms with Crippen molar-refractivity contribution in [3.05, 3.63) is 72.1 Å². The molecule has 0 aliphatic heterocycles. The minimum atomic E-state index is -1.65. The molecule has 128 valence electrons. The van der Waals surface area contributed by atoms with Gasteiger partial charge in [-0.15, -0.1) is 0 Å². The van der Waals surface area contributed by atoms with Crippen molar-refractivity contribution >= 4 is 17.4 Å². The van der Waals surface area contributed by atoms with Crippen LogP contribution in [0.4, 0.5) is 29.3 Å². The van der Waals surface area contributed by atoms with Crippen LogP contribution in [0.25, 0.3) is 0 Å². The Hall–Kier alpha value is -3.36. The van der Waals surface area contributed by atoms with Crippen LogP contribution in [0, 0.1) is 17.5 Å². The summed E-state index contributed by atoms with van der Waals surface area (Å²) in [6.07, 6.45) is 4.60. The van der Waals surface area contributed by atoms with Gasteiger partial charge in [0, 0.05) is 12.4 Å². The molecule has 2 heterocycles. The summed E-state index contributed by atoms with van der Waals surface area (Å²) < 4.78 is 41.1.